The monoisotopic (exact) mass is 479 g/mol. The molecule has 4 rings (SSSR count). The third-order valence-corrected chi connectivity index (χ3v) is 5.30. The topological polar surface area (TPSA) is 76.3 Å². The lowest BCUT2D eigenvalue weighted by atomic mass is 10.1. The molecule has 0 aliphatic heterocycles. The highest BCUT2D eigenvalue weighted by atomic mass is 79.9. The molecule has 2 aromatic carbocycles. The second-order valence-electron chi connectivity index (χ2n) is 6.89. The van der Waals surface area contributed by atoms with E-state index in [9.17, 15) is 5.11 Å². The molecule has 4 aromatic rings. The highest BCUT2D eigenvalue weighted by Crippen LogP contribution is 2.27. The van der Waals surface area contributed by atoms with Crippen molar-refractivity contribution in [1.82, 2.24) is 20.0 Å². The van der Waals surface area contributed by atoms with Crippen molar-refractivity contribution in [3.8, 4) is 17.4 Å². The number of hydrogen-bond acceptors (Lipinski definition) is 6. The third kappa shape index (κ3) is 5.03. The lowest BCUT2D eigenvalue weighted by molar-refractivity contribution is 0.302. The van der Waals surface area contributed by atoms with Crippen LogP contribution in [-0.4, -0.2) is 31.6 Å². The van der Waals surface area contributed by atoms with Crippen molar-refractivity contribution in [1.29, 1.82) is 0 Å². The minimum absolute atomic E-state index is 0.0174. The Labute approximate surface area is 189 Å². The van der Waals surface area contributed by atoms with Gasteiger partial charge in [0, 0.05) is 29.2 Å². The molecule has 0 spiro atoms. The fraction of sp³-hybridized carbons (Fsp3) is 0.174. The van der Waals surface area contributed by atoms with E-state index in [0.29, 0.717) is 19.0 Å². The Kier molecular flexibility index (Phi) is 6.47. The summed E-state index contributed by atoms with van der Waals surface area (Å²) in [6, 6.07) is 21.3. The molecule has 8 heteroatoms. The van der Waals surface area contributed by atoms with E-state index in [1.807, 2.05) is 48.5 Å². The van der Waals surface area contributed by atoms with E-state index in [1.165, 1.54) is 16.9 Å². The van der Waals surface area contributed by atoms with Crippen LogP contribution in [0, 0.1) is 0 Å². The molecule has 7 nitrogen and oxygen atoms in total. The summed E-state index contributed by atoms with van der Waals surface area (Å²) in [6.45, 7) is 3.92. The molecule has 2 aromatic heterocycles. The van der Waals surface area contributed by atoms with Gasteiger partial charge in [-0.25, -0.2) is 0 Å². The van der Waals surface area contributed by atoms with E-state index in [1.54, 1.807) is 6.07 Å². The minimum Gasteiger partial charge on any atom is -0.493 e. The lowest BCUT2D eigenvalue weighted by Crippen LogP contribution is -2.24. The van der Waals surface area contributed by atoms with Crippen molar-refractivity contribution in [2.75, 3.05) is 11.4 Å². The van der Waals surface area contributed by atoms with Gasteiger partial charge in [0.2, 0.25) is 5.88 Å². The van der Waals surface area contributed by atoms with Crippen molar-refractivity contribution in [3.05, 3.63) is 88.5 Å². The molecule has 0 atom stereocenters. The van der Waals surface area contributed by atoms with Gasteiger partial charge in [-0.15, -0.1) is 10.2 Å². The summed E-state index contributed by atoms with van der Waals surface area (Å²) in [5.41, 5.74) is 2.16. The first-order valence-corrected chi connectivity index (χ1v) is 10.7. The SMILES string of the molecule is CCN(Cc1cc(Br)ccc1OCc1ccccc1)c1ccc(-n2nccc2O)nn1. The second kappa shape index (κ2) is 9.61. The first-order valence-electron chi connectivity index (χ1n) is 9.91. The van der Waals surface area contributed by atoms with Gasteiger partial charge in [0.1, 0.15) is 12.4 Å². The van der Waals surface area contributed by atoms with Crippen LogP contribution in [-0.2, 0) is 13.2 Å². The van der Waals surface area contributed by atoms with Crippen LogP contribution in [0.1, 0.15) is 18.1 Å². The molecule has 0 fully saturated rings. The van der Waals surface area contributed by atoms with Crippen LogP contribution < -0.4 is 9.64 Å². The molecule has 0 saturated heterocycles. The average molecular weight is 480 g/mol. The van der Waals surface area contributed by atoms with Gasteiger partial charge in [-0.1, -0.05) is 46.3 Å². The van der Waals surface area contributed by atoms with Gasteiger partial charge in [0.05, 0.1) is 6.20 Å². The molecule has 0 saturated carbocycles. The van der Waals surface area contributed by atoms with E-state index >= 15 is 0 Å². The fourth-order valence-electron chi connectivity index (χ4n) is 3.18. The van der Waals surface area contributed by atoms with E-state index in [4.69, 9.17) is 4.74 Å². The molecule has 158 valence electrons. The largest absolute Gasteiger partial charge is 0.493 e. The summed E-state index contributed by atoms with van der Waals surface area (Å²) in [5, 5.41) is 22.4. The summed E-state index contributed by atoms with van der Waals surface area (Å²) in [7, 11) is 0. The van der Waals surface area contributed by atoms with Gasteiger partial charge in [-0.05, 0) is 42.8 Å². The molecule has 0 amide bonds. The Bertz CT molecular complexity index is 1130. The van der Waals surface area contributed by atoms with E-state index in [0.717, 1.165) is 33.7 Å². The fourth-order valence-corrected chi connectivity index (χ4v) is 3.59. The number of anilines is 1. The summed E-state index contributed by atoms with van der Waals surface area (Å²) in [5.74, 6) is 2.03. The second-order valence-corrected chi connectivity index (χ2v) is 7.81. The third-order valence-electron chi connectivity index (χ3n) is 4.80. The van der Waals surface area contributed by atoms with Crippen molar-refractivity contribution in [3.63, 3.8) is 0 Å². The molecule has 0 radical (unpaired) electrons. The molecule has 0 bridgehead atoms. The smallest absolute Gasteiger partial charge is 0.215 e. The molecule has 31 heavy (non-hydrogen) atoms. The molecule has 0 aliphatic rings. The molecule has 1 N–H and O–H groups in total. The standard InChI is InChI=1S/C23H22BrN5O2/c1-2-28(21-10-11-22(27-26-21)29-23(30)12-13-25-29)15-18-14-19(24)8-9-20(18)31-16-17-6-4-3-5-7-17/h3-14,30H,2,15-16H2,1H3. The number of benzene rings is 2. The summed E-state index contributed by atoms with van der Waals surface area (Å²) in [6.07, 6.45) is 1.51. The van der Waals surface area contributed by atoms with Crippen LogP contribution in [0.25, 0.3) is 5.82 Å². The highest BCUT2D eigenvalue weighted by molar-refractivity contribution is 9.10. The highest BCUT2D eigenvalue weighted by Gasteiger charge is 2.13. The Morgan fingerprint density at radius 2 is 1.87 bits per heavy atom. The molecule has 2 heterocycles. The van der Waals surface area contributed by atoms with Gasteiger partial charge in [-0.2, -0.15) is 9.78 Å². The van der Waals surface area contributed by atoms with Crippen LogP contribution in [0.2, 0.25) is 0 Å². The average Bonchev–Trinajstić information content (AvgIpc) is 3.23. The number of nitrogens with zero attached hydrogens (tertiary/aromatic N) is 5. The summed E-state index contributed by atoms with van der Waals surface area (Å²) < 4.78 is 8.44. The maximum Gasteiger partial charge on any atom is 0.215 e. The van der Waals surface area contributed by atoms with Gasteiger partial charge < -0.3 is 14.7 Å². The zero-order valence-electron chi connectivity index (χ0n) is 17.0. The van der Waals surface area contributed by atoms with E-state index in [2.05, 4.69) is 49.1 Å². The van der Waals surface area contributed by atoms with Crippen molar-refractivity contribution in [2.45, 2.75) is 20.1 Å². The van der Waals surface area contributed by atoms with Crippen LogP contribution in [0.5, 0.6) is 11.6 Å². The van der Waals surface area contributed by atoms with Crippen LogP contribution in [0.15, 0.2) is 77.4 Å². The Hall–Kier alpha value is -3.39. The van der Waals surface area contributed by atoms with Gasteiger partial charge in [0.25, 0.3) is 0 Å². The zero-order valence-corrected chi connectivity index (χ0v) is 18.6. The van der Waals surface area contributed by atoms with Gasteiger partial charge in [0.15, 0.2) is 11.6 Å². The molecular weight excluding hydrogens is 458 g/mol. The van der Waals surface area contributed by atoms with Gasteiger partial charge >= 0.3 is 0 Å². The number of rotatable bonds is 8. The van der Waals surface area contributed by atoms with Crippen LogP contribution in [0.3, 0.4) is 0 Å². The molecule has 0 aliphatic carbocycles. The van der Waals surface area contributed by atoms with Crippen LogP contribution >= 0.6 is 15.9 Å². The number of aromatic hydroxyl groups is 1. The predicted molar refractivity (Wildman–Crippen MR) is 122 cm³/mol. The minimum atomic E-state index is 0.0174. The van der Waals surface area contributed by atoms with Crippen molar-refractivity contribution < 1.29 is 9.84 Å². The van der Waals surface area contributed by atoms with Crippen molar-refractivity contribution in [2.24, 2.45) is 0 Å². The van der Waals surface area contributed by atoms with Crippen molar-refractivity contribution >= 4 is 21.7 Å². The number of ether oxygens (including phenoxy) is 1. The maximum atomic E-state index is 9.82. The summed E-state index contributed by atoms with van der Waals surface area (Å²) in [4.78, 5) is 2.11. The first-order chi connectivity index (χ1) is 15.1. The predicted octanol–water partition coefficient (Wildman–Crippen LogP) is 4.74. The lowest BCUT2D eigenvalue weighted by Gasteiger charge is -2.23. The number of aromatic nitrogens is 4. The van der Waals surface area contributed by atoms with E-state index in [-0.39, 0.29) is 5.88 Å². The maximum absolute atomic E-state index is 9.82. The Morgan fingerprint density at radius 3 is 2.55 bits per heavy atom. The zero-order chi connectivity index (χ0) is 21.6. The molecular formula is C23H22BrN5O2. The Morgan fingerprint density at radius 1 is 1.03 bits per heavy atom. The van der Waals surface area contributed by atoms with Crippen LogP contribution in [0.4, 0.5) is 5.82 Å². The van der Waals surface area contributed by atoms with E-state index < -0.39 is 0 Å². The summed E-state index contributed by atoms with van der Waals surface area (Å²) >= 11 is 3.56. The first kappa shape index (κ1) is 20.9. The number of hydrogen-bond donors (Lipinski definition) is 1. The normalized spacial score (nSPS) is 10.8. The molecule has 0 unspecified atom stereocenters. The quantitative estimate of drug-likeness (QED) is 0.393. The Balaban J connectivity index is 1.52. The van der Waals surface area contributed by atoms with Gasteiger partial charge in [-0.3, -0.25) is 0 Å². The number of halogens is 1.